The first-order valence-corrected chi connectivity index (χ1v) is 4.95. The van der Waals surface area contributed by atoms with Gasteiger partial charge in [-0.05, 0) is 12.1 Å². The van der Waals surface area contributed by atoms with Crippen LogP contribution in [0.4, 0.5) is 0 Å². The maximum atomic E-state index is 4.94. The summed E-state index contributed by atoms with van der Waals surface area (Å²) in [7, 11) is 1.68. The van der Waals surface area contributed by atoms with Gasteiger partial charge in [-0.2, -0.15) is 0 Å². The number of para-hydroxylation sites is 2. The molecule has 0 bridgehead atoms. The van der Waals surface area contributed by atoms with Crippen LogP contribution in [0.5, 0.6) is 0 Å². The van der Waals surface area contributed by atoms with E-state index in [1.54, 1.807) is 18.9 Å². The number of imidazole rings is 1. The molecule has 1 aromatic heterocycles. The van der Waals surface area contributed by atoms with Crippen molar-refractivity contribution in [2.45, 2.75) is 5.16 Å². The van der Waals surface area contributed by atoms with E-state index in [0.717, 1.165) is 16.2 Å². The molecule has 0 aliphatic rings. The molecule has 2 rings (SSSR count). The number of aromatic nitrogens is 2. The van der Waals surface area contributed by atoms with Gasteiger partial charge in [-0.25, -0.2) is 4.98 Å². The van der Waals surface area contributed by atoms with Crippen molar-refractivity contribution in [2.75, 3.05) is 13.0 Å². The second-order valence-corrected chi connectivity index (χ2v) is 3.52. The molecule has 0 amide bonds. The van der Waals surface area contributed by atoms with Crippen molar-refractivity contribution in [1.82, 2.24) is 9.97 Å². The molecule has 1 N–H and O–H groups in total. The average molecular weight is 194 g/mol. The van der Waals surface area contributed by atoms with E-state index in [9.17, 15) is 0 Å². The Labute approximate surface area is 80.5 Å². The van der Waals surface area contributed by atoms with Gasteiger partial charge in [0.15, 0.2) is 5.16 Å². The van der Waals surface area contributed by atoms with Crippen LogP contribution in [-0.2, 0) is 4.74 Å². The molecule has 68 valence electrons. The maximum absolute atomic E-state index is 4.94. The molecule has 13 heavy (non-hydrogen) atoms. The minimum absolute atomic E-state index is 0.625. The van der Waals surface area contributed by atoms with Gasteiger partial charge in [-0.3, -0.25) is 0 Å². The Bertz CT molecular complexity index is 366. The molecule has 1 heterocycles. The van der Waals surface area contributed by atoms with Crippen LogP contribution >= 0.6 is 11.8 Å². The third-order valence-electron chi connectivity index (χ3n) is 1.68. The van der Waals surface area contributed by atoms with Crippen LogP contribution in [0.15, 0.2) is 29.4 Å². The summed E-state index contributed by atoms with van der Waals surface area (Å²) >= 11 is 1.56. The van der Waals surface area contributed by atoms with E-state index in [2.05, 4.69) is 9.97 Å². The van der Waals surface area contributed by atoms with E-state index in [1.165, 1.54) is 0 Å². The lowest BCUT2D eigenvalue weighted by molar-refractivity contribution is 0.258. The van der Waals surface area contributed by atoms with Gasteiger partial charge >= 0.3 is 0 Å². The van der Waals surface area contributed by atoms with Crippen molar-refractivity contribution in [3.8, 4) is 0 Å². The van der Waals surface area contributed by atoms with Gasteiger partial charge in [0, 0.05) is 7.11 Å². The number of nitrogens with one attached hydrogen (secondary N) is 1. The van der Waals surface area contributed by atoms with Crippen LogP contribution in [0.25, 0.3) is 11.0 Å². The molecule has 0 spiro atoms. The maximum Gasteiger partial charge on any atom is 0.168 e. The number of aromatic amines is 1. The van der Waals surface area contributed by atoms with Crippen molar-refractivity contribution in [3.63, 3.8) is 0 Å². The average Bonchev–Trinajstić information content (AvgIpc) is 2.57. The highest BCUT2D eigenvalue weighted by molar-refractivity contribution is 7.99. The number of benzene rings is 1. The lowest BCUT2D eigenvalue weighted by Crippen LogP contribution is -1.82. The predicted molar refractivity (Wildman–Crippen MR) is 53.8 cm³/mol. The van der Waals surface area contributed by atoms with Gasteiger partial charge in [0.1, 0.15) is 0 Å². The zero-order valence-electron chi connectivity index (χ0n) is 7.28. The molecular formula is C9H10N2OS. The van der Waals surface area contributed by atoms with Gasteiger partial charge < -0.3 is 9.72 Å². The van der Waals surface area contributed by atoms with Crippen LogP contribution in [0.1, 0.15) is 0 Å². The molecule has 0 fully saturated rings. The number of methoxy groups -OCH3 is 1. The van der Waals surface area contributed by atoms with Crippen LogP contribution in [0.2, 0.25) is 0 Å². The Morgan fingerprint density at radius 2 is 2.31 bits per heavy atom. The van der Waals surface area contributed by atoms with E-state index < -0.39 is 0 Å². The van der Waals surface area contributed by atoms with E-state index in [-0.39, 0.29) is 0 Å². The normalized spacial score (nSPS) is 10.8. The molecule has 0 atom stereocenters. The number of fused-ring (bicyclic) bond motifs is 1. The third kappa shape index (κ3) is 1.84. The number of hydrogen-bond acceptors (Lipinski definition) is 3. The van der Waals surface area contributed by atoms with E-state index in [4.69, 9.17) is 4.74 Å². The summed E-state index contributed by atoms with van der Waals surface area (Å²) in [5.74, 6) is 0.625. The van der Waals surface area contributed by atoms with Crippen LogP contribution in [0, 0.1) is 0 Å². The fraction of sp³-hybridized carbons (Fsp3) is 0.222. The smallest absolute Gasteiger partial charge is 0.168 e. The number of thioether (sulfide) groups is 1. The van der Waals surface area contributed by atoms with Crippen LogP contribution in [0.3, 0.4) is 0 Å². The zero-order chi connectivity index (χ0) is 9.10. The van der Waals surface area contributed by atoms with Crippen molar-refractivity contribution in [3.05, 3.63) is 24.3 Å². The number of hydrogen-bond donors (Lipinski definition) is 1. The van der Waals surface area contributed by atoms with Gasteiger partial charge in [0.2, 0.25) is 0 Å². The summed E-state index contributed by atoms with van der Waals surface area (Å²) < 4.78 is 4.94. The molecule has 3 nitrogen and oxygen atoms in total. The van der Waals surface area contributed by atoms with E-state index >= 15 is 0 Å². The van der Waals surface area contributed by atoms with Crippen molar-refractivity contribution >= 4 is 22.8 Å². The number of H-pyrrole nitrogens is 1. The topological polar surface area (TPSA) is 37.9 Å². The Morgan fingerprint density at radius 3 is 3.08 bits per heavy atom. The Morgan fingerprint density at radius 1 is 1.46 bits per heavy atom. The zero-order valence-corrected chi connectivity index (χ0v) is 8.10. The highest BCUT2D eigenvalue weighted by Crippen LogP contribution is 2.18. The van der Waals surface area contributed by atoms with Gasteiger partial charge in [-0.1, -0.05) is 23.9 Å². The molecule has 4 heteroatoms. The summed E-state index contributed by atoms with van der Waals surface area (Å²) in [5.41, 5.74) is 2.07. The van der Waals surface area contributed by atoms with E-state index in [1.807, 2.05) is 24.3 Å². The van der Waals surface area contributed by atoms with Crippen molar-refractivity contribution in [2.24, 2.45) is 0 Å². The molecule has 0 aliphatic carbocycles. The lowest BCUT2D eigenvalue weighted by Gasteiger charge is -1.92. The molecule has 0 unspecified atom stereocenters. The fourth-order valence-corrected chi connectivity index (χ4v) is 1.69. The molecule has 0 saturated carbocycles. The SMILES string of the molecule is COCSc1nc2ccccc2[nH]1. The number of ether oxygens (including phenoxy) is 1. The summed E-state index contributed by atoms with van der Waals surface area (Å²) in [6, 6.07) is 7.97. The molecule has 0 radical (unpaired) electrons. The summed E-state index contributed by atoms with van der Waals surface area (Å²) in [4.78, 5) is 7.58. The Kier molecular flexibility index (Phi) is 2.52. The Balaban J connectivity index is 2.28. The molecule has 1 aromatic carbocycles. The van der Waals surface area contributed by atoms with Gasteiger partial charge in [0.25, 0.3) is 0 Å². The van der Waals surface area contributed by atoms with Crippen LogP contribution < -0.4 is 0 Å². The minimum Gasteiger partial charge on any atom is -0.374 e. The van der Waals surface area contributed by atoms with Crippen LogP contribution in [-0.4, -0.2) is 23.0 Å². The second kappa shape index (κ2) is 3.81. The van der Waals surface area contributed by atoms with Crippen molar-refractivity contribution < 1.29 is 4.74 Å². The molecule has 0 aliphatic heterocycles. The monoisotopic (exact) mass is 194 g/mol. The highest BCUT2D eigenvalue weighted by atomic mass is 32.2. The van der Waals surface area contributed by atoms with Gasteiger partial charge in [-0.15, -0.1) is 0 Å². The largest absolute Gasteiger partial charge is 0.374 e. The molecule has 2 aromatic rings. The highest BCUT2D eigenvalue weighted by Gasteiger charge is 2.00. The fourth-order valence-electron chi connectivity index (χ4n) is 1.11. The first-order chi connectivity index (χ1) is 6.40. The first kappa shape index (κ1) is 8.59. The molecule has 0 saturated heterocycles. The van der Waals surface area contributed by atoms with Gasteiger partial charge in [0.05, 0.1) is 17.0 Å². The third-order valence-corrected chi connectivity index (χ3v) is 2.50. The minimum atomic E-state index is 0.625. The Hall–Kier alpha value is -1.00. The molecular weight excluding hydrogens is 184 g/mol. The summed E-state index contributed by atoms with van der Waals surface area (Å²) in [6.45, 7) is 0. The number of nitrogens with zero attached hydrogens (tertiary/aromatic N) is 1. The summed E-state index contributed by atoms with van der Waals surface area (Å²) in [5, 5.41) is 0.906. The lowest BCUT2D eigenvalue weighted by atomic mass is 10.3. The number of rotatable bonds is 3. The van der Waals surface area contributed by atoms with Crippen molar-refractivity contribution in [1.29, 1.82) is 0 Å². The summed E-state index contributed by atoms with van der Waals surface area (Å²) in [6.07, 6.45) is 0. The quantitative estimate of drug-likeness (QED) is 0.601. The predicted octanol–water partition coefficient (Wildman–Crippen LogP) is 2.26. The van der Waals surface area contributed by atoms with E-state index in [0.29, 0.717) is 5.94 Å². The standard InChI is InChI=1S/C9H10N2OS/c1-12-6-13-9-10-7-4-2-3-5-8(7)11-9/h2-5H,6H2,1H3,(H,10,11). The second-order valence-electron chi connectivity index (χ2n) is 2.61. The first-order valence-electron chi connectivity index (χ1n) is 3.96.